The Kier molecular flexibility index (Phi) is 7.57. The lowest BCUT2D eigenvalue weighted by Gasteiger charge is -2.09. The second kappa shape index (κ2) is 9.45. The number of benzene rings is 1. The van der Waals surface area contributed by atoms with Crippen LogP contribution in [-0.4, -0.2) is 52.0 Å². The number of aromatic nitrogens is 1. The summed E-state index contributed by atoms with van der Waals surface area (Å²) in [6.07, 6.45) is 1.05. The van der Waals surface area contributed by atoms with Crippen LogP contribution in [0.2, 0.25) is 0 Å². The molecule has 0 radical (unpaired) electrons. The van der Waals surface area contributed by atoms with Crippen molar-refractivity contribution in [1.29, 1.82) is 0 Å². The van der Waals surface area contributed by atoms with Gasteiger partial charge in [0.1, 0.15) is 0 Å². The van der Waals surface area contributed by atoms with E-state index >= 15 is 0 Å². The molecule has 0 spiro atoms. The Labute approximate surface area is 160 Å². The first kappa shape index (κ1) is 20.8. The fourth-order valence-corrected chi connectivity index (χ4v) is 4.20. The third-order valence-electron chi connectivity index (χ3n) is 3.70. The van der Waals surface area contributed by atoms with Gasteiger partial charge in [0.15, 0.2) is 5.13 Å². The number of nitrogens with one attached hydrogen (secondary N) is 2. The van der Waals surface area contributed by atoms with Crippen molar-refractivity contribution in [2.45, 2.75) is 25.2 Å². The summed E-state index contributed by atoms with van der Waals surface area (Å²) in [5, 5.41) is 6.19. The smallest absolute Gasteiger partial charge is 0.240 e. The number of thiazole rings is 1. The average Bonchev–Trinajstić information content (AvgIpc) is 3.06. The molecule has 0 aliphatic heterocycles. The predicted octanol–water partition coefficient (Wildman–Crippen LogP) is 3.11. The van der Waals surface area contributed by atoms with Crippen molar-refractivity contribution < 1.29 is 8.42 Å². The topological polar surface area (TPSA) is 74.3 Å². The van der Waals surface area contributed by atoms with E-state index in [1.54, 1.807) is 35.6 Å². The van der Waals surface area contributed by atoms with Crippen LogP contribution in [0.4, 0.5) is 5.13 Å². The molecule has 2 rings (SSSR count). The molecule has 2 aromatic rings. The highest BCUT2D eigenvalue weighted by Gasteiger charge is 2.14. The summed E-state index contributed by atoms with van der Waals surface area (Å²) in [5.74, 6) is 0.266. The van der Waals surface area contributed by atoms with Gasteiger partial charge in [-0.25, -0.2) is 18.1 Å². The van der Waals surface area contributed by atoms with Crippen LogP contribution in [0, 0.1) is 5.92 Å². The molecular weight excluding hydrogens is 368 g/mol. The number of hydrogen-bond acceptors (Lipinski definition) is 6. The van der Waals surface area contributed by atoms with Crippen LogP contribution >= 0.6 is 11.3 Å². The zero-order valence-corrected chi connectivity index (χ0v) is 17.5. The van der Waals surface area contributed by atoms with Gasteiger partial charge in [-0.2, -0.15) is 0 Å². The minimum Gasteiger partial charge on any atom is -0.361 e. The fourth-order valence-electron chi connectivity index (χ4n) is 2.24. The summed E-state index contributed by atoms with van der Waals surface area (Å²) in [4.78, 5) is 7.01. The number of sulfonamides is 1. The van der Waals surface area contributed by atoms with E-state index < -0.39 is 10.0 Å². The maximum absolute atomic E-state index is 12.2. The SMILES string of the molecule is CC(C)CNS(=O)(=O)c1ccc(-c2csc(NCCCN(C)C)n2)cc1. The Bertz CT molecular complexity index is 784. The molecule has 144 valence electrons. The minimum absolute atomic E-state index is 0.266. The average molecular weight is 397 g/mol. The van der Waals surface area contributed by atoms with E-state index in [-0.39, 0.29) is 10.8 Å². The van der Waals surface area contributed by atoms with Gasteiger partial charge < -0.3 is 10.2 Å². The van der Waals surface area contributed by atoms with Gasteiger partial charge in [-0.1, -0.05) is 26.0 Å². The Morgan fingerprint density at radius 3 is 2.50 bits per heavy atom. The van der Waals surface area contributed by atoms with E-state index in [0.29, 0.717) is 6.54 Å². The minimum atomic E-state index is -3.46. The number of rotatable bonds is 10. The molecule has 0 saturated carbocycles. The van der Waals surface area contributed by atoms with E-state index in [9.17, 15) is 8.42 Å². The predicted molar refractivity (Wildman–Crippen MR) is 109 cm³/mol. The van der Waals surface area contributed by atoms with Gasteiger partial charge in [-0.3, -0.25) is 0 Å². The standard InChI is InChI=1S/C18H28N4O2S2/c1-14(2)12-20-26(23,24)16-8-6-15(7-9-16)17-13-25-18(21-17)19-10-5-11-22(3)4/h6-9,13-14,20H,5,10-12H2,1-4H3,(H,19,21). The molecule has 0 bridgehead atoms. The van der Waals surface area contributed by atoms with Crippen LogP contribution in [0.25, 0.3) is 11.3 Å². The molecule has 0 amide bonds. The van der Waals surface area contributed by atoms with Crippen molar-refractivity contribution in [2.75, 3.05) is 39.0 Å². The third kappa shape index (κ3) is 6.35. The second-order valence-corrected chi connectivity index (χ2v) is 9.52. The van der Waals surface area contributed by atoms with Crippen LogP contribution in [0.1, 0.15) is 20.3 Å². The molecule has 0 atom stereocenters. The molecule has 0 aliphatic carbocycles. The molecule has 8 heteroatoms. The lowest BCUT2D eigenvalue weighted by Crippen LogP contribution is -2.27. The Balaban J connectivity index is 1.98. The molecule has 1 aromatic carbocycles. The summed E-state index contributed by atoms with van der Waals surface area (Å²) in [7, 11) is 0.663. The number of anilines is 1. The van der Waals surface area contributed by atoms with E-state index in [0.717, 1.165) is 35.9 Å². The lowest BCUT2D eigenvalue weighted by atomic mass is 10.2. The third-order valence-corrected chi connectivity index (χ3v) is 5.94. The molecule has 1 aromatic heterocycles. The van der Waals surface area contributed by atoms with E-state index in [1.165, 1.54) is 0 Å². The summed E-state index contributed by atoms with van der Waals surface area (Å²) in [5.41, 5.74) is 1.76. The quantitative estimate of drug-likeness (QED) is 0.604. The van der Waals surface area contributed by atoms with Crippen LogP contribution < -0.4 is 10.0 Å². The largest absolute Gasteiger partial charge is 0.361 e. The van der Waals surface area contributed by atoms with E-state index in [4.69, 9.17) is 0 Å². The molecule has 2 N–H and O–H groups in total. The van der Waals surface area contributed by atoms with E-state index in [1.807, 2.05) is 19.2 Å². The van der Waals surface area contributed by atoms with Crippen molar-refractivity contribution in [3.63, 3.8) is 0 Å². The number of nitrogens with zero attached hydrogens (tertiary/aromatic N) is 2. The molecule has 0 aliphatic rings. The van der Waals surface area contributed by atoms with Gasteiger partial charge in [0.05, 0.1) is 10.6 Å². The Morgan fingerprint density at radius 1 is 1.19 bits per heavy atom. The fraction of sp³-hybridized carbons (Fsp3) is 0.500. The molecule has 0 fully saturated rings. The van der Waals surface area contributed by atoms with Crippen molar-refractivity contribution in [2.24, 2.45) is 5.92 Å². The normalized spacial score (nSPS) is 12.1. The first-order valence-electron chi connectivity index (χ1n) is 8.72. The first-order chi connectivity index (χ1) is 12.3. The highest BCUT2D eigenvalue weighted by molar-refractivity contribution is 7.89. The highest BCUT2D eigenvalue weighted by atomic mass is 32.2. The van der Waals surface area contributed by atoms with Crippen molar-refractivity contribution in [3.05, 3.63) is 29.6 Å². The molecule has 6 nitrogen and oxygen atoms in total. The van der Waals surface area contributed by atoms with Crippen LogP contribution in [0.15, 0.2) is 34.5 Å². The lowest BCUT2D eigenvalue weighted by molar-refractivity contribution is 0.405. The maximum Gasteiger partial charge on any atom is 0.240 e. The zero-order chi connectivity index (χ0) is 19.2. The van der Waals surface area contributed by atoms with Gasteiger partial charge in [0.2, 0.25) is 10.0 Å². The van der Waals surface area contributed by atoms with Gasteiger partial charge in [0, 0.05) is 24.0 Å². The second-order valence-electron chi connectivity index (χ2n) is 6.89. The summed E-state index contributed by atoms with van der Waals surface area (Å²) in [6, 6.07) is 6.85. The monoisotopic (exact) mass is 396 g/mol. The van der Waals surface area contributed by atoms with Crippen LogP contribution in [-0.2, 0) is 10.0 Å². The summed E-state index contributed by atoms with van der Waals surface area (Å²) < 4.78 is 27.1. The molecule has 1 heterocycles. The van der Waals surface area contributed by atoms with Crippen molar-refractivity contribution >= 4 is 26.5 Å². The molecule has 26 heavy (non-hydrogen) atoms. The van der Waals surface area contributed by atoms with Gasteiger partial charge in [0.25, 0.3) is 0 Å². The van der Waals surface area contributed by atoms with E-state index in [2.05, 4.69) is 34.0 Å². The van der Waals surface area contributed by atoms with Crippen LogP contribution in [0.3, 0.4) is 0 Å². The molecular formula is C18H28N4O2S2. The van der Waals surface area contributed by atoms with Gasteiger partial charge in [-0.15, -0.1) is 11.3 Å². The Morgan fingerprint density at radius 2 is 1.88 bits per heavy atom. The summed E-state index contributed by atoms with van der Waals surface area (Å²) in [6.45, 7) is 6.29. The summed E-state index contributed by atoms with van der Waals surface area (Å²) >= 11 is 1.56. The van der Waals surface area contributed by atoms with Gasteiger partial charge in [-0.05, 0) is 45.1 Å². The zero-order valence-electron chi connectivity index (χ0n) is 15.8. The first-order valence-corrected chi connectivity index (χ1v) is 11.1. The molecule has 0 unspecified atom stereocenters. The van der Waals surface area contributed by atoms with Crippen LogP contribution in [0.5, 0.6) is 0 Å². The maximum atomic E-state index is 12.2. The van der Waals surface area contributed by atoms with Crippen molar-refractivity contribution in [1.82, 2.24) is 14.6 Å². The highest BCUT2D eigenvalue weighted by Crippen LogP contribution is 2.25. The molecule has 0 saturated heterocycles. The Hall–Kier alpha value is -1.48. The number of hydrogen-bond donors (Lipinski definition) is 2. The van der Waals surface area contributed by atoms with Crippen molar-refractivity contribution in [3.8, 4) is 11.3 Å². The van der Waals surface area contributed by atoms with Gasteiger partial charge >= 0.3 is 0 Å².